The van der Waals surface area contributed by atoms with Gasteiger partial charge in [0.25, 0.3) is 5.91 Å². The standard InChI is InChI=1S/C21H16BrN3O2S/c1-27-17-9-10-28-18(17)12-23-25-21(26)20-19(13-5-3-2-4-6-13)15-11-14(22)7-8-16(15)24-20/h2-12,24H,1H3,(H,25,26)/b23-12+. The minimum Gasteiger partial charge on any atom is -0.495 e. The number of rotatable bonds is 5. The van der Waals surface area contributed by atoms with E-state index in [0.717, 1.165) is 37.1 Å². The van der Waals surface area contributed by atoms with Crippen molar-refractivity contribution in [2.45, 2.75) is 0 Å². The second-order valence-electron chi connectivity index (χ2n) is 5.98. The van der Waals surface area contributed by atoms with Gasteiger partial charge in [0.1, 0.15) is 11.4 Å². The van der Waals surface area contributed by atoms with E-state index in [9.17, 15) is 4.79 Å². The molecule has 0 aliphatic heterocycles. The van der Waals surface area contributed by atoms with Crippen LogP contribution in [0.4, 0.5) is 0 Å². The third-order valence-corrected chi connectivity index (χ3v) is 5.60. The molecule has 0 saturated carbocycles. The normalized spacial score (nSPS) is 11.2. The van der Waals surface area contributed by atoms with E-state index >= 15 is 0 Å². The van der Waals surface area contributed by atoms with Crippen molar-refractivity contribution in [2.75, 3.05) is 7.11 Å². The number of hydrogen-bond acceptors (Lipinski definition) is 4. The van der Waals surface area contributed by atoms with Crippen molar-refractivity contribution in [3.05, 3.63) is 75.0 Å². The van der Waals surface area contributed by atoms with Gasteiger partial charge in [-0.1, -0.05) is 46.3 Å². The van der Waals surface area contributed by atoms with Crippen molar-refractivity contribution >= 4 is 50.3 Å². The van der Waals surface area contributed by atoms with Gasteiger partial charge < -0.3 is 9.72 Å². The van der Waals surface area contributed by atoms with Gasteiger partial charge in [0, 0.05) is 20.9 Å². The fourth-order valence-corrected chi connectivity index (χ4v) is 4.10. The number of nitrogens with one attached hydrogen (secondary N) is 2. The first kappa shape index (κ1) is 18.5. The molecule has 0 aliphatic rings. The monoisotopic (exact) mass is 453 g/mol. The zero-order chi connectivity index (χ0) is 19.5. The van der Waals surface area contributed by atoms with Crippen LogP contribution in [0.3, 0.4) is 0 Å². The highest BCUT2D eigenvalue weighted by molar-refractivity contribution is 9.10. The van der Waals surface area contributed by atoms with Gasteiger partial charge in [-0.2, -0.15) is 5.10 Å². The second-order valence-corrected chi connectivity index (χ2v) is 7.85. The first-order valence-electron chi connectivity index (χ1n) is 8.49. The molecule has 2 aromatic heterocycles. The smallest absolute Gasteiger partial charge is 0.288 e. The number of halogens is 1. The fourth-order valence-electron chi connectivity index (χ4n) is 3.02. The van der Waals surface area contributed by atoms with Crippen molar-refractivity contribution < 1.29 is 9.53 Å². The number of nitrogens with zero attached hydrogens (tertiary/aromatic N) is 1. The number of hydrazone groups is 1. The Morgan fingerprint density at radius 2 is 2.04 bits per heavy atom. The minimum absolute atomic E-state index is 0.307. The molecule has 4 rings (SSSR count). The van der Waals surface area contributed by atoms with Crippen LogP contribution in [0.15, 0.2) is 69.6 Å². The molecule has 1 amide bonds. The molecule has 0 saturated heterocycles. The summed E-state index contributed by atoms with van der Waals surface area (Å²) in [6.07, 6.45) is 1.59. The Bertz CT molecular complexity index is 1170. The van der Waals surface area contributed by atoms with E-state index in [-0.39, 0.29) is 5.91 Å². The number of fused-ring (bicyclic) bond motifs is 1. The summed E-state index contributed by atoms with van der Waals surface area (Å²) in [5, 5.41) is 6.97. The summed E-state index contributed by atoms with van der Waals surface area (Å²) in [6, 6.07) is 17.6. The van der Waals surface area contributed by atoms with Gasteiger partial charge in [-0.05, 0) is 35.2 Å². The molecule has 5 nitrogen and oxygen atoms in total. The molecule has 7 heteroatoms. The number of ether oxygens (including phenoxy) is 1. The van der Waals surface area contributed by atoms with E-state index in [4.69, 9.17) is 4.74 Å². The van der Waals surface area contributed by atoms with Crippen molar-refractivity contribution in [3.8, 4) is 16.9 Å². The molecule has 0 atom stereocenters. The average molecular weight is 454 g/mol. The van der Waals surface area contributed by atoms with Crippen molar-refractivity contribution in [2.24, 2.45) is 5.10 Å². The Morgan fingerprint density at radius 1 is 1.21 bits per heavy atom. The van der Waals surface area contributed by atoms with Crippen molar-refractivity contribution in [1.29, 1.82) is 0 Å². The highest BCUT2D eigenvalue weighted by atomic mass is 79.9. The number of thiophene rings is 1. The largest absolute Gasteiger partial charge is 0.495 e. The lowest BCUT2D eigenvalue weighted by molar-refractivity contribution is 0.0951. The third kappa shape index (κ3) is 3.58. The Labute approximate surface area is 174 Å². The number of H-pyrrole nitrogens is 1. The summed E-state index contributed by atoms with van der Waals surface area (Å²) in [4.78, 5) is 16.9. The predicted octanol–water partition coefficient (Wildman–Crippen LogP) is 5.43. The van der Waals surface area contributed by atoms with Crippen LogP contribution in [0.2, 0.25) is 0 Å². The average Bonchev–Trinajstić information content (AvgIpc) is 3.32. The number of aromatic nitrogens is 1. The quantitative estimate of drug-likeness (QED) is 0.312. The molecule has 0 aliphatic carbocycles. The number of carbonyl (C=O) groups is 1. The third-order valence-electron chi connectivity index (χ3n) is 4.28. The minimum atomic E-state index is -0.307. The number of carbonyl (C=O) groups excluding carboxylic acids is 1. The van der Waals surface area contributed by atoms with E-state index in [2.05, 4.69) is 31.4 Å². The maximum atomic E-state index is 12.9. The molecule has 0 unspecified atom stereocenters. The van der Waals surface area contributed by atoms with Gasteiger partial charge >= 0.3 is 0 Å². The maximum Gasteiger partial charge on any atom is 0.288 e. The molecule has 0 radical (unpaired) electrons. The zero-order valence-electron chi connectivity index (χ0n) is 14.9. The molecule has 0 spiro atoms. The molecule has 0 fully saturated rings. The Balaban J connectivity index is 1.70. The lowest BCUT2D eigenvalue weighted by Gasteiger charge is -2.04. The SMILES string of the molecule is COc1ccsc1/C=N/NC(=O)c1[nH]c2ccc(Br)cc2c1-c1ccccc1. The highest BCUT2D eigenvalue weighted by Crippen LogP contribution is 2.34. The number of methoxy groups -OCH3 is 1. The Morgan fingerprint density at radius 3 is 2.82 bits per heavy atom. The van der Waals surface area contributed by atoms with Crippen LogP contribution in [0.5, 0.6) is 5.75 Å². The van der Waals surface area contributed by atoms with Crippen LogP contribution in [0, 0.1) is 0 Å². The van der Waals surface area contributed by atoms with Crippen LogP contribution in [0.25, 0.3) is 22.0 Å². The van der Waals surface area contributed by atoms with Gasteiger partial charge in [0.2, 0.25) is 0 Å². The lowest BCUT2D eigenvalue weighted by atomic mass is 10.0. The Hall–Kier alpha value is -2.90. The molecule has 2 aromatic carbocycles. The van der Waals surface area contributed by atoms with Crippen molar-refractivity contribution in [1.82, 2.24) is 10.4 Å². The van der Waals surface area contributed by atoms with E-state index in [1.54, 1.807) is 13.3 Å². The van der Waals surface area contributed by atoms with E-state index in [1.165, 1.54) is 11.3 Å². The first-order valence-corrected chi connectivity index (χ1v) is 10.2. The van der Waals surface area contributed by atoms with Crippen LogP contribution in [-0.4, -0.2) is 24.2 Å². The maximum absolute atomic E-state index is 12.9. The molecule has 4 aromatic rings. The van der Waals surface area contributed by atoms with E-state index < -0.39 is 0 Å². The van der Waals surface area contributed by atoms with E-state index in [0.29, 0.717) is 5.69 Å². The van der Waals surface area contributed by atoms with Gasteiger partial charge in [-0.3, -0.25) is 4.79 Å². The molecular weight excluding hydrogens is 438 g/mol. The number of benzene rings is 2. The zero-order valence-corrected chi connectivity index (χ0v) is 17.3. The fraction of sp³-hybridized carbons (Fsp3) is 0.0476. The highest BCUT2D eigenvalue weighted by Gasteiger charge is 2.19. The summed E-state index contributed by atoms with van der Waals surface area (Å²) in [5.74, 6) is 0.418. The second kappa shape index (κ2) is 8.00. The first-order chi connectivity index (χ1) is 13.7. The molecule has 0 bridgehead atoms. The molecule has 140 valence electrons. The van der Waals surface area contributed by atoms with Crippen LogP contribution < -0.4 is 10.2 Å². The Kier molecular flexibility index (Phi) is 5.27. The van der Waals surface area contributed by atoms with Crippen LogP contribution in [0.1, 0.15) is 15.4 Å². The van der Waals surface area contributed by atoms with Gasteiger partial charge in [0.05, 0.1) is 18.2 Å². The summed E-state index contributed by atoms with van der Waals surface area (Å²) in [5.41, 5.74) is 5.77. The topological polar surface area (TPSA) is 66.5 Å². The van der Waals surface area contributed by atoms with Crippen LogP contribution in [-0.2, 0) is 0 Å². The lowest BCUT2D eigenvalue weighted by Crippen LogP contribution is -2.18. The van der Waals surface area contributed by atoms with Crippen LogP contribution >= 0.6 is 27.3 Å². The number of amides is 1. The molecule has 2 N–H and O–H groups in total. The van der Waals surface area contributed by atoms with Gasteiger partial charge in [-0.15, -0.1) is 11.3 Å². The molecular formula is C21H16BrN3O2S. The summed E-state index contributed by atoms with van der Waals surface area (Å²) >= 11 is 5.00. The number of aromatic amines is 1. The molecule has 2 heterocycles. The van der Waals surface area contributed by atoms with Crippen molar-refractivity contribution in [3.63, 3.8) is 0 Å². The summed E-state index contributed by atoms with van der Waals surface area (Å²) in [7, 11) is 1.60. The summed E-state index contributed by atoms with van der Waals surface area (Å²) in [6.45, 7) is 0. The van der Waals surface area contributed by atoms with Gasteiger partial charge in [-0.25, -0.2) is 5.43 Å². The predicted molar refractivity (Wildman–Crippen MR) is 117 cm³/mol. The van der Waals surface area contributed by atoms with E-state index in [1.807, 2.05) is 60.0 Å². The molecule has 28 heavy (non-hydrogen) atoms. The van der Waals surface area contributed by atoms with Gasteiger partial charge in [0.15, 0.2) is 0 Å². The summed E-state index contributed by atoms with van der Waals surface area (Å²) < 4.78 is 6.20. The number of hydrogen-bond donors (Lipinski definition) is 2.